The third-order valence-corrected chi connectivity index (χ3v) is 3.90. The molecule has 1 aliphatic heterocycles. The summed E-state index contributed by atoms with van der Waals surface area (Å²) in [5.41, 5.74) is 4.53. The Labute approximate surface area is 124 Å². The third kappa shape index (κ3) is 3.44. The van der Waals surface area contributed by atoms with E-state index in [9.17, 15) is 9.59 Å². The summed E-state index contributed by atoms with van der Waals surface area (Å²) in [4.78, 5) is 26.3. The van der Waals surface area contributed by atoms with Gasteiger partial charge in [-0.05, 0) is 20.3 Å². The maximum absolute atomic E-state index is 12.8. The first kappa shape index (κ1) is 17.2. The minimum Gasteiger partial charge on any atom is -0.409 e. The van der Waals surface area contributed by atoms with Crippen LogP contribution in [0.5, 0.6) is 0 Å². The van der Waals surface area contributed by atoms with Crippen LogP contribution in [-0.2, 0) is 14.3 Å². The average molecular weight is 300 g/mol. The van der Waals surface area contributed by atoms with Gasteiger partial charge in [-0.15, -0.1) is 0 Å². The highest BCUT2D eigenvalue weighted by molar-refractivity contribution is 6.07. The number of ether oxygens (including phenoxy) is 1. The highest BCUT2D eigenvalue weighted by Gasteiger charge is 2.44. The topological polar surface area (TPSA) is 117 Å². The standard InChI is InChI=1S/C13H24N4O4/c1-4-13(3,11(14)16-20)12(19)17-6-7-21-8-9(17)10(18)15-5-2/h9,20H,4-8H2,1-3H3,(H2,14,16)(H,15,18). The van der Waals surface area contributed by atoms with E-state index in [0.29, 0.717) is 26.1 Å². The van der Waals surface area contributed by atoms with Gasteiger partial charge in [0.25, 0.3) is 0 Å². The van der Waals surface area contributed by atoms with Crippen molar-refractivity contribution in [2.75, 3.05) is 26.3 Å². The van der Waals surface area contributed by atoms with Crippen LogP contribution in [0.15, 0.2) is 5.16 Å². The number of carbonyl (C=O) groups is 2. The number of oxime groups is 1. The molecule has 1 fully saturated rings. The van der Waals surface area contributed by atoms with Crippen LogP contribution in [0.4, 0.5) is 0 Å². The van der Waals surface area contributed by atoms with Gasteiger partial charge in [0, 0.05) is 13.1 Å². The quantitative estimate of drug-likeness (QED) is 0.274. The lowest BCUT2D eigenvalue weighted by molar-refractivity contribution is -0.153. The van der Waals surface area contributed by atoms with Gasteiger partial charge in [-0.1, -0.05) is 12.1 Å². The van der Waals surface area contributed by atoms with Crippen LogP contribution in [-0.4, -0.2) is 60.1 Å². The lowest BCUT2D eigenvalue weighted by atomic mass is 9.84. The highest BCUT2D eigenvalue weighted by Crippen LogP contribution is 2.26. The molecule has 0 spiro atoms. The summed E-state index contributed by atoms with van der Waals surface area (Å²) in [6, 6.07) is -0.691. The number of nitrogens with two attached hydrogens (primary N) is 1. The van der Waals surface area contributed by atoms with Crippen molar-refractivity contribution in [2.24, 2.45) is 16.3 Å². The Morgan fingerprint density at radius 3 is 2.71 bits per heavy atom. The van der Waals surface area contributed by atoms with Crippen LogP contribution >= 0.6 is 0 Å². The predicted octanol–water partition coefficient (Wildman–Crippen LogP) is -0.487. The number of carbonyl (C=O) groups excluding carboxylic acids is 2. The molecule has 0 aromatic rings. The van der Waals surface area contributed by atoms with E-state index in [1.165, 1.54) is 4.90 Å². The first-order valence-corrected chi connectivity index (χ1v) is 7.06. The minimum atomic E-state index is -1.14. The van der Waals surface area contributed by atoms with E-state index in [0.717, 1.165) is 0 Å². The smallest absolute Gasteiger partial charge is 0.245 e. The molecule has 2 atom stereocenters. The molecule has 8 nitrogen and oxygen atoms in total. The first-order valence-electron chi connectivity index (χ1n) is 7.06. The summed E-state index contributed by atoms with van der Waals surface area (Å²) >= 11 is 0. The molecule has 21 heavy (non-hydrogen) atoms. The molecule has 120 valence electrons. The molecule has 2 amide bonds. The number of hydrogen-bond acceptors (Lipinski definition) is 5. The summed E-state index contributed by atoms with van der Waals surface area (Å²) in [7, 11) is 0. The third-order valence-electron chi connectivity index (χ3n) is 3.90. The molecule has 8 heteroatoms. The molecular formula is C13H24N4O4. The molecule has 1 heterocycles. The molecule has 1 aliphatic rings. The maximum atomic E-state index is 12.8. The number of morpholine rings is 1. The van der Waals surface area contributed by atoms with Crippen LogP contribution in [0.25, 0.3) is 0 Å². The van der Waals surface area contributed by atoms with Crippen molar-refractivity contribution in [2.45, 2.75) is 33.2 Å². The number of amides is 2. The number of rotatable bonds is 5. The van der Waals surface area contributed by atoms with Crippen molar-refractivity contribution < 1.29 is 19.5 Å². The minimum absolute atomic E-state index is 0.146. The molecule has 0 aromatic carbocycles. The lowest BCUT2D eigenvalue weighted by Crippen LogP contribution is -2.60. The Kier molecular flexibility index (Phi) is 5.95. The van der Waals surface area contributed by atoms with Gasteiger partial charge in [0.2, 0.25) is 11.8 Å². The predicted molar refractivity (Wildman–Crippen MR) is 76.8 cm³/mol. The molecule has 0 aliphatic carbocycles. The van der Waals surface area contributed by atoms with Crippen LogP contribution in [0, 0.1) is 5.41 Å². The summed E-state index contributed by atoms with van der Waals surface area (Å²) < 4.78 is 5.30. The van der Waals surface area contributed by atoms with E-state index in [4.69, 9.17) is 15.7 Å². The molecule has 0 radical (unpaired) electrons. The monoisotopic (exact) mass is 300 g/mol. The Bertz CT molecular complexity index is 426. The van der Waals surface area contributed by atoms with Crippen molar-refractivity contribution in [3.8, 4) is 0 Å². The van der Waals surface area contributed by atoms with Crippen molar-refractivity contribution in [1.82, 2.24) is 10.2 Å². The van der Waals surface area contributed by atoms with Gasteiger partial charge in [-0.2, -0.15) is 0 Å². The summed E-state index contributed by atoms with van der Waals surface area (Å²) in [5.74, 6) is -0.750. The zero-order valence-corrected chi connectivity index (χ0v) is 12.8. The maximum Gasteiger partial charge on any atom is 0.245 e. The number of nitrogens with one attached hydrogen (secondary N) is 1. The van der Waals surface area contributed by atoms with E-state index in [-0.39, 0.29) is 24.3 Å². The molecule has 0 aromatic heterocycles. The summed E-state index contributed by atoms with van der Waals surface area (Å²) in [5, 5.41) is 14.6. The van der Waals surface area contributed by atoms with Gasteiger partial charge >= 0.3 is 0 Å². The van der Waals surface area contributed by atoms with Gasteiger partial charge in [0.05, 0.1) is 13.2 Å². The zero-order valence-electron chi connectivity index (χ0n) is 12.8. The largest absolute Gasteiger partial charge is 0.409 e. The van der Waals surface area contributed by atoms with E-state index in [1.807, 2.05) is 0 Å². The van der Waals surface area contributed by atoms with Crippen molar-refractivity contribution in [1.29, 1.82) is 0 Å². The second kappa shape index (κ2) is 7.26. The molecule has 0 bridgehead atoms. The lowest BCUT2D eigenvalue weighted by Gasteiger charge is -2.39. The fraction of sp³-hybridized carbons (Fsp3) is 0.769. The van der Waals surface area contributed by atoms with Crippen LogP contribution in [0.3, 0.4) is 0 Å². The van der Waals surface area contributed by atoms with Gasteiger partial charge in [0.1, 0.15) is 11.5 Å². The molecule has 2 unspecified atom stereocenters. The van der Waals surface area contributed by atoms with Crippen molar-refractivity contribution >= 4 is 17.6 Å². The molecular weight excluding hydrogens is 276 g/mol. The van der Waals surface area contributed by atoms with Gasteiger partial charge in [0.15, 0.2) is 5.84 Å². The zero-order chi connectivity index (χ0) is 16.0. The van der Waals surface area contributed by atoms with Crippen LogP contribution < -0.4 is 11.1 Å². The molecule has 0 saturated carbocycles. The fourth-order valence-corrected chi connectivity index (χ4v) is 2.23. The first-order chi connectivity index (χ1) is 9.92. The SMILES string of the molecule is CCNC(=O)C1COCCN1C(=O)C(C)(CC)C(N)=NO. The van der Waals surface area contributed by atoms with Crippen LogP contribution in [0.1, 0.15) is 27.2 Å². The molecule has 1 saturated heterocycles. The van der Waals surface area contributed by atoms with E-state index in [2.05, 4.69) is 10.5 Å². The molecule has 1 rings (SSSR count). The second-order valence-corrected chi connectivity index (χ2v) is 5.15. The normalized spacial score (nSPS) is 22.5. The number of nitrogens with zero attached hydrogens (tertiary/aromatic N) is 2. The Balaban J connectivity index is 3.03. The number of amidine groups is 1. The van der Waals surface area contributed by atoms with Gasteiger partial charge in [-0.3, -0.25) is 9.59 Å². The van der Waals surface area contributed by atoms with Crippen molar-refractivity contribution in [3.05, 3.63) is 0 Å². The average Bonchev–Trinajstić information content (AvgIpc) is 2.52. The highest BCUT2D eigenvalue weighted by atomic mass is 16.5. The van der Waals surface area contributed by atoms with Gasteiger partial charge in [-0.25, -0.2) is 0 Å². The Morgan fingerprint density at radius 2 is 2.19 bits per heavy atom. The Morgan fingerprint density at radius 1 is 1.52 bits per heavy atom. The summed E-state index contributed by atoms with van der Waals surface area (Å²) in [6.45, 7) is 6.47. The molecule has 4 N–H and O–H groups in total. The van der Waals surface area contributed by atoms with E-state index < -0.39 is 11.5 Å². The van der Waals surface area contributed by atoms with Gasteiger partial charge < -0.3 is 25.9 Å². The number of likely N-dealkylation sites (N-methyl/N-ethyl adjacent to an activating group) is 1. The summed E-state index contributed by atoms with van der Waals surface area (Å²) in [6.07, 6.45) is 0.362. The second-order valence-electron chi connectivity index (χ2n) is 5.15. The fourth-order valence-electron chi connectivity index (χ4n) is 2.23. The Hall–Kier alpha value is -1.83. The van der Waals surface area contributed by atoms with Crippen LogP contribution in [0.2, 0.25) is 0 Å². The van der Waals surface area contributed by atoms with Crippen molar-refractivity contribution in [3.63, 3.8) is 0 Å². The van der Waals surface area contributed by atoms with E-state index >= 15 is 0 Å². The van der Waals surface area contributed by atoms with E-state index in [1.54, 1.807) is 20.8 Å². The number of hydrogen-bond donors (Lipinski definition) is 3.